The lowest BCUT2D eigenvalue weighted by atomic mass is 10.1. The summed E-state index contributed by atoms with van der Waals surface area (Å²) in [7, 11) is 3.00. The lowest BCUT2D eigenvalue weighted by molar-refractivity contribution is -0.0512. The summed E-state index contributed by atoms with van der Waals surface area (Å²) in [6, 6.07) is 11.9. The molecule has 0 fully saturated rings. The van der Waals surface area contributed by atoms with Crippen molar-refractivity contribution in [2.24, 2.45) is 0 Å². The molecule has 0 bridgehead atoms. The standard InChI is InChI=1S/C21H21F2NO4/c1-4-16-15(14-7-5-6-8-17(14)27-16)12-24(2)20(25)13-9-10-18(26-3)19(11-13)28-21(22)23/h5-11,21H,4,12H2,1-3H3. The molecule has 0 saturated heterocycles. The Morgan fingerprint density at radius 3 is 2.61 bits per heavy atom. The molecule has 2 aromatic carbocycles. The Bertz CT molecular complexity index is 984. The summed E-state index contributed by atoms with van der Waals surface area (Å²) in [6.45, 7) is -0.697. The summed E-state index contributed by atoms with van der Waals surface area (Å²) >= 11 is 0. The van der Waals surface area contributed by atoms with Crippen LogP contribution in [0.2, 0.25) is 0 Å². The van der Waals surface area contributed by atoms with Gasteiger partial charge in [-0.2, -0.15) is 8.78 Å². The highest BCUT2D eigenvalue weighted by molar-refractivity contribution is 5.95. The number of benzene rings is 2. The van der Waals surface area contributed by atoms with Crippen LogP contribution in [0, 0.1) is 0 Å². The van der Waals surface area contributed by atoms with Crippen LogP contribution >= 0.6 is 0 Å². The molecule has 0 unspecified atom stereocenters. The number of hydrogen-bond acceptors (Lipinski definition) is 4. The Morgan fingerprint density at radius 2 is 1.93 bits per heavy atom. The molecule has 1 amide bonds. The Morgan fingerprint density at radius 1 is 1.18 bits per heavy atom. The number of methoxy groups -OCH3 is 1. The molecule has 28 heavy (non-hydrogen) atoms. The number of carbonyl (C=O) groups excluding carboxylic acids is 1. The number of fused-ring (bicyclic) bond motifs is 1. The van der Waals surface area contributed by atoms with E-state index in [1.54, 1.807) is 7.05 Å². The van der Waals surface area contributed by atoms with E-state index in [0.717, 1.165) is 22.3 Å². The predicted molar refractivity (Wildman–Crippen MR) is 101 cm³/mol. The molecule has 0 aliphatic rings. The van der Waals surface area contributed by atoms with Crippen LogP contribution in [-0.2, 0) is 13.0 Å². The molecule has 0 saturated carbocycles. The molecule has 1 aromatic heterocycles. The smallest absolute Gasteiger partial charge is 0.387 e. The second-order valence-corrected chi connectivity index (χ2v) is 6.26. The molecule has 0 spiro atoms. The van der Waals surface area contributed by atoms with Crippen molar-refractivity contribution in [3.63, 3.8) is 0 Å². The molecular formula is C21H21F2NO4. The Kier molecular flexibility index (Phi) is 5.82. The van der Waals surface area contributed by atoms with Crippen LogP contribution in [0.3, 0.4) is 0 Å². The Balaban J connectivity index is 1.87. The van der Waals surface area contributed by atoms with Crippen molar-refractivity contribution in [3.8, 4) is 11.5 Å². The van der Waals surface area contributed by atoms with E-state index in [4.69, 9.17) is 9.15 Å². The quantitative estimate of drug-likeness (QED) is 0.578. The molecule has 0 radical (unpaired) electrons. The lowest BCUT2D eigenvalue weighted by Crippen LogP contribution is -2.26. The molecule has 5 nitrogen and oxygen atoms in total. The van der Waals surface area contributed by atoms with Crippen LogP contribution in [-0.4, -0.2) is 31.6 Å². The van der Waals surface area contributed by atoms with E-state index in [2.05, 4.69) is 4.74 Å². The molecule has 0 aliphatic carbocycles. The van der Waals surface area contributed by atoms with E-state index in [9.17, 15) is 13.6 Å². The normalized spacial score (nSPS) is 11.1. The van der Waals surface area contributed by atoms with E-state index >= 15 is 0 Å². The summed E-state index contributed by atoms with van der Waals surface area (Å²) in [4.78, 5) is 14.4. The van der Waals surface area contributed by atoms with E-state index < -0.39 is 6.61 Å². The minimum atomic E-state index is -3.01. The fourth-order valence-corrected chi connectivity index (χ4v) is 3.14. The molecule has 3 aromatic rings. The number of rotatable bonds is 7. The zero-order chi connectivity index (χ0) is 20.3. The molecule has 0 N–H and O–H groups in total. The third kappa shape index (κ3) is 3.93. The molecule has 7 heteroatoms. The summed E-state index contributed by atoms with van der Waals surface area (Å²) in [5.74, 6) is 0.444. The van der Waals surface area contributed by atoms with Crippen LogP contribution in [0.5, 0.6) is 11.5 Å². The summed E-state index contributed by atoms with van der Waals surface area (Å²) in [6.07, 6.45) is 0.695. The Labute approximate surface area is 161 Å². The predicted octanol–water partition coefficient (Wildman–Crippen LogP) is 4.88. The fourth-order valence-electron chi connectivity index (χ4n) is 3.14. The van der Waals surface area contributed by atoms with E-state index in [0.29, 0.717) is 13.0 Å². The fraction of sp³-hybridized carbons (Fsp3) is 0.286. The van der Waals surface area contributed by atoms with Gasteiger partial charge in [0.2, 0.25) is 0 Å². The zero-order valence-electron chi connectivity index (χ0n) is 15.9. The number of carbonyl (C=O) groups is 1. The third-order valence-corrected chi connectivity index (χ3v) is 4.47. The van der Waals surface area contributed by atoms with Crippen LogP contribution in [0.4, 0.5) is 8.78 Å². The first-order valence-electron chi connectivity index (χ1n) is 8.82. The van der Waals surface area contributed by atoms with E-state index in [1.165, 1.54) is 30.2 Å². The summed E-state index contributed by atoms with van der Waals surface area (Å²) < 4.78 is 40.6. The van der Waals surface area contributed by atoms with Crippen molar-refractivity contribution in [2.45, 2.75) is 26.5 Å². The molecule has 148 valence electrons. The van der Waals surface area contributed by atoms with Gasteiger partial charge in [-0.1, -0.05) is 25.1 Å². The van der Waals surface area contributed by atoms with Crippen LogP contribution < -0.4 is 9.47 Å². The zero-order valence-corrected chi connectivity index (χ0v) is 15.9. The second kappa shape index (κ2) is 8.29. The number of amides is 1. The number of halogens is 2. The SMILES string of the molecule is CCc1oc2ccccc2c1CN(C)C(=O)c1ccc(OC)c(OC(F)F)c1. The van der Waals surface area contributed by atoms with Gasteiger partial charge in [0.05, 0.1) is 7.11 Å². The number of alkyl halides is 2. The van der Waals surface area contributed by atoms with Gasteiger partial charge in [0.25, 0.3) is 5.91 Å². The maximum absolute atomic E-state index is 12.9. The third-order valence-electron chi connectivity index (χ3n) is 4.47. The average molecular weight is 389 g/mol. The average Bonchev–Trinajstić information content (AvgIpc) is 3.04. The van der Waals surface area contributed by atoms with Gasteiger partial charge in [-0.05, 0) is 24.3 Å². The number of hydrogen-bond donors (Lipinski definition) is 0. The van der Waals surface area contributed by atoms with Crippen LogP contribution in [0.15, 0.2) is 46.9 Å². The van der Waals surface area contributed by atoms with Crippen LogP contribution in [0.1, 0.15) is 28.6 Å². The maximum atomic E-state index is 12.9. The van der Waals surface area contributed by atoms with E-state index in [1.807, 2.05) is 31.2 Å². The maximum Gasteiger partial charge on any atom is 0.387 e. The highest BCUT2D eigenvalue weighted by Gasteiger charge is 2.20. The first-order chi connectivity index (χ1) is 13.4. The summed E-state index contributed by atoms with van der Waals surface area (Å²) in [5, 5.41) is 0.954. The molecule has 0 atom stereocenters. The highest BCUT2D eigenvalue weighted by Crippen LogP contribution is 2.31. The molecule has 0 aliphatic heterocycles. The van der Waals surface area contributed by atoms with Crippen LogP contribution in [0.25, 0.3) is 11.0 Å². The highest BCUT2D eigenvalue weighted by atomic mass is 19.3. The largest absolute Gasteiger partial charge is 0.493 e. The monoisotopic (exact) mass is 389 g/mol. The number of para-hydroxylation sites is 1. The number of furan rings is 1. The Hall–Kier alpha value is -3.09. The van der Waals surface area contributed by atoms with Crippen molar-refractivity contribution in [3.05, 3.63) is 59.4 Å². The first-order valence-corrected chi connectivity index (χ1v) is 8.82. The van der Waals surface area contributed by atoms with Crippen molar-refractivity contribution in [1.29, 1.82) is 0 Å². The number of ether oxygens (including phenoxy) is 2. The van der Waals surface area contributed by atoms with Gasteiger partial charge in [-0.25, -0.2) is 0 Å². The summed E-state index contributed by atoms with van der Waals surface area (Å²) in [5.41, 5.74) is 1.93. The van der Waals surface area contributed by atoms with Crippen molar-refractivity contribution in [2.75, 3.05) is 14.2 Å². The van der Waals surface area contributed by atoms with E-state index in [-0.39, 0.29) is 23.0 Å². The molecule has 1 heterocycles. The number of aryl methyl sites for hydroxylation is 1. The first kappa shape index (κ1) is 19.7. The molecule has 3 rings (SSSR count). The van der Waals surface area contributed by atoms with Crippen molar-refractivity contribution >= 4 is 16.9 Å². The van der Waals surface area contributed by atoms with Gasteiger partial charge in [-0.15, -0.1) is 0 Å². The van der Waals surface area contributed by atoms with Crippen molar-refractivity contribution in [1.82, 2.24) is 4.90 Å². The lowest BCUT2D eigenvalue weighted by Gasteiger charge is -2.18. The van der Waals surface area contributed by atoms with Gasteiger partial charge < -0.3 is 18.8 Å². The topological polar surface area (TPSA) is 51.9 Å². The van der Waals surface area contributed by atoms with Gasteiger partial charge >= 0.3 is 6.61 Å². The second-order valence-electron chi connectivity index (χ2n) is 6.26. The minimum absolute atomic E-state index is 0.133. The molecular weight excluding hydrogens is 368 g/mol. The van der Waals surface area contributed by atoms with Gasteiger partial charge in [0.1, 0.15) is 11.3 Å². The van der Waals surface area contributed by atoms with Crippen molar-refractivity contribution < 1.29 is 27.5 Å². The minimum Gasteiger partial charge on any atom is -0.493 e. The van der Waals surface area contributed by atoms with Gasteiger partial charge in [0.15, 0.2) is 11.5 Å². The van der Waals surface area contributed by atoms with Gasteiger partial charge in [-0.3, -0.25) is 4.79 Å². The van der Waals surface area contributed by atoms with Gasteiger partial charge in [0, 0.05) is 36.5 Å². The number of nitrogens with zero attached hydrogens (tertiary/aromatic N) is 1.